The highest BCUT2D eigenvalue weighted by Crippen LogP contribution is 2.34. The molecule has 0 fully saturated rings. The van der Waals surface area contributed by atoms with E-state index in [4.69, 9.17) is 5.73 Å². The molecule has 0 aromatic heterocycles. The summed E-state index contributed by atoms with van der Waals surface area (Å²) in [5, 5.41) is 3.22. The Kier molecular flexibility index (Phi) is 2.50. The van der Waals surface area contributed by atoms with Gasteiger partial charge in [0, 0.05) is 12.0 Å². The molecule has 0 bridgehead atoms. The smallest absolute Gasteiger partial charge is 0.239 e. The van der Waals surface area contributed by atoms with Gasteiger partial charge in [-0.3, -0.25) is 4.79 Å². The van der Waals surface area contributed by atoms with Crippen LogP contribution in [0.15, 0.2) is 18.2 Å². The molecule has 0 aliphatic carbocycles. The predicted molar refractivity (Wildman–Crippen MR) is 64.1 cm³/mol. The molecule has 1 atom stereocenters. The number of carbonyl (C=O) groups excluding carboxylic acids is 1. The maximum atomic E-state index is 11.4. The first kappa shape index (κ1) is 11.1. The monoisotopic (exact) mass is 218 g/mol. The molecule has 86 valence electrons. The molecule has 1 amide bonds. The van der Waals surface area contributed by atoms with Gasteiger partial charge in [0.05, 0.1) is 0 Å². The lowest BCUT2D eigenvalue weighted by Gasteiger charge is -2.37. The Morgan fingerprint density at radius 1 is 1.50 bits per heavy atom. The molecule has 1 aliphatic rings. The van der Waals surface area contributed by atoms with Crippen molar-refractivity contribution in [2.24, 2.45) is 5.73 Å². The number of nitrogens with one attached hydrogen (secondary N) is 1. The second-order valence-corrected chi connectivity index (χ2v) is 5.19. The lowest BCUT2D eigenvalue weighted by molar-refractivity contribution is -0.120. The summed E-state index contributed by atoms with van der Waals surface area (Å²) < 4.78 is 0. The number of hydrogen-bond acceptors (Lipinski definition) is 2. The van der Waals surface area contributed by atoms with Crippen LogP contribution in [-0.4, -0.2) is 12.5 Å². The summed E-state index contributed by atoms with van der Waals surface area (Å²) in [5.74, 6) is -0.303. The van der Waals surface area contributed by atoms with Crippen LogP contribution >= 0.6 is 0 Å². The second kappa shape index (κ2) is 3.59. The van der Waals surface area contributed by atoms with Gasteiger partial charge < -0.3 is 11.1 Å². The first-order chi connectivity index (χ1) is 7.42. The van der Waals surface area contributed by atoms with Crippen molar-refractivity contribution >= 4 is 5.91 Å². The average Bonchev–Trinajstić information content (AvgIpc) is 2.16. The molecular formula is C13H18N2O. The fourth-order valence-electron chi connectivity index (χ4n) is 2.35. The minimum Gasteiger partial charge on any atom is -0.368 e. The minimum atomic E-state index is -0.345. The van der Waals surface area contributed by atoms with Crippen molar-refractivity contribution in [1.29, 1.82) is 0 Å². The van der Waals surface area contributed by atoms with E-state index in [0.29, 0.717) is 0 Å². The number of nitrogens with two attached hydrogens (primary N) is 1. The van der Waals surface area contributed by atoms with Crippen LogP contribution in [-0.2, 0) is 10.2 Å². The molecular weight excluding hydrogens is 200 g/mol. The van der Waals surface area contributed by atoms with Crippen LogP contribution in [0.2, 0.25) is 0 Å². The van der Waals surface area contributed by atoms with Crippen LogP contribution in [0.1, 0.15) is 36.6 Å². The van der Waals surface area contributed by atoms with Gasteiger partial charge in [0.15, 0.2) is 0 Å². The number of aryl methyl sites for hydroxylation is 1. The summed E-state index contributed by atoms with van der Waals surface area (Å²) in [6.07, 6.45) is 0. The predicted octanol–water partition coefficient (Wildman–Crippen LogP) is 1.40. The van der Waals surface area contributed by atoms with Crippen LogP contribution < -0.4 is 11.1 Å². The number of carbonyl (C=O) groups is 1. The molecule has 0 radical (unpaired) electrons. The van der Waals surface area contributed by atoms with Crippen LogP contribution in [0.4, 0.5) is 0 Å². The topological polar surface area (TPSA) is 55.1 Å². The van der Waals surface area contributed by atoms with Gasteiger partial charge in [-0.2, -0.15) is 0 Å². The zero-order valence-corrected chi connectivity index (χ0v) is 10.0. The summed E-state index contributed by atoms with van der Waals surface area (Å²) in [5.41, 5.74) is 8.88. The van der Waals surface area contributed by atoms with Crippen LogP contribution in [0, 0.1) is 6.92 Å². The largest absolute Gasteiger partial charge is 0.368 e. The van der Waals surface area contributed by atoms with Crippen LogP contribution in [0.25, 0.3) is 0 Å². The van der Waals surface area contributed by atoms with E-state index in [-0.39, 0.29) is 17.4 Å². The number of amides is 1. The minimum absolute atomic E-state index is 0.0506. The Morgan fingerprint density at radius 3 is 2.81 bits per heavy atom. The Hall–Kier alpha value is -1.35. The molecule has 0 saturated heterocycles. The first-order valence-corrected chi connectivity index (χ1v) is 5.55. The fraction of sp³-hybridized carbons (Fsp3) is 0.462. The Balaban J connectivity index is 2.58. The number of primary amides is 1. The van der Waals surface area contributed by atoms with E-state index in [1.807, 2.05) is 6.92 Å². The molecule has 0 spiro atoms. The number of fused-ring (bicyclic) bond motifs is 1. The molecule has 2 rings (SSSR count). The van der Waals surface area contributed by atoms with Crippen molar-refractivity contribution in [3.8, 4) is 0 Å². The standard InChI is InChI=1S/C13H18N2O/c1-8-4-5-10-9(6-8)11(12(14)16)15-7-13(10,2)3/h4-6,11,15H,7H2,1-3H3,(H2,14,16)/t11-/m1/s1. The maximum Gasteiger partial charge on any atom is 0.239 e. The van der Waals surface area contributed by atoms with E-state index in [0.717, 1.165) is 17.7 Å². The molecule has 0 saturated carbocycles. The SMILES string of the molecule is Cc1ccc2c(c1)[C@H](C(N)=O)NCC2(C)C. The van der Waals surface area contributed by atoms with Crippen molar-refractivity contribution in [3.63, 3.8) is 0 Å². The highest BCUT2D eigenvalue weighted by atomic mass is 16.1. The summed E-state index contributed by atoms with van der Waals surface area (Å²) in [7, 11) is 0. The van der Waals surface area contributed by atoms with Gasteiger partial charge in [-0.15, -0.1) is 0 Å². The number of rotatable bonds is 1. The van der Waals surface area contributed by atoms with E-state index >= 15 is 0 Å². The first-order valence-electron chi connectivity index (χ1n) is 5.55. The molecule has 1 aromatic rings. The highest BCUT2D eigenvalue weighted by Gasteiger charge is 2.34. The van der Waals surface area contributed by atoms with Gasteiger partial charge in [0.25, 0.3) is 0 Å². The van der Waals surface area contributed by atoms with Crippen LogP contribution in [0.3, 0.4) is 0 Å². The van der Waals surface area contributed by atoms with E-state index in [1.165, 1.54) is 5.56 Å². The van der Waals surface area contributed by atoms with Crippen molar-refractivity contribution < 1.29 is 4.79 Å². The average molecular weight is 218 g/mol. The third-order valence-electron chi connectivity index (χ3n) is 3.28. The van der Waals surface area contributed by atoms with E-state index < -0.39 is 0 Å². The third-order valence-corrected chi connectivity index (χ3v) is 3.28. The molecule has 3 heteroatoms. The van der Waals surface area contributed by atoms with Crippen molar-refractivity contribution in [3.05, 3.63) is 34.9 Å². The quantitative estimate of drug-likeness (QED) is 0.748. The van der Waals surface area contributed by atoms with Gasteiger partial charge in [-0.05, 0) is 18.1 Å². The molecule has 1 heterocycles. The molecule has 0 unspecified atom stereocenters. The summed E-state index contributed by atoms with van der Waals surface area (Å²) in [6.45, 7) is 7.15. The lowest BCUT2D eigenvalue weighted by atomic mass is 9.76. The van der Waals surface area contributed by atoms with E-state index in [1.54, 1.807) is 0 Å². The summed E-state index contributed by atoms with van der Waals surface area (Å²) in [6, 6.07) is 5.91. The molecule has 3 nitrogen and oxygen atoms in total. The lowest BCUT2D eigenvalue weighted by Crippen LogP contribution is -2.46. The van der Waals surface area contributed by atoms with E-state index in [9.17, 15) is 4.79 Å². The highest BCUT2D eigenvalue weighted by molar-refractivity contribution is 5.82. The van der Waals surface area contributed by atoms with Crippen molar-refractivity contribution in [2.75, 3.05) is 6.54 Å². The Bertz CT molecular complexity index is 438. The third kappa shape index (κ3) is 1.71. The molecule has 3 N–H and O–H groups in total. The van der Waals surface area contributed by atoms with Crippen LogP contribution in [0.5, 0.6) is 0 Å². The van der Waals surface area contributed by atoms with Gasteiger partial charge in [0.2, 0.25) is 5.91 Å². The Labute approximate surface area is 96.0 Å². The molecule has 16 heavy (non-hydrogen) atoms. The molecule has 1 aromatic carbocycles. The zero-order chi connectivity index (χ0) is 11.9. The zero-order valence-electron chi connectivity index (χ0n) is 10.0. The van der Waals surface area contributed by atoms with Gasteiger partial charge >= 0.3 is 0 Å². The normalized spacial score (nSPS) is 22.6. The summed E-state index contributed by atoms with van der Waals surface area (Å²) in [4.78, 5) is 11.4. The molecule has 1 aliphatic heterocycles. The second-order valence-electron chi connectivity index (χ2n) is 5.19. The van der Waals surface area contributed by atoms with Crippen molar-refractivity contribution in [1.82, 2.24) is 5.32 Å². The van der Waals surface area contributed by atoms with Crippen molar-refractivity contribution in [2.45, 2.75) is 32.2 Å². The van der Waals surface area contributed by atoms with Gasteiger partial charge in [0.1, 0.15) is 6.04 Å². The summed E-state index contributed by atoms with van der Waals surface area (Å²) >= 11 is 0. The number of benzene rings is 1. The maximum absolute atomic E-state index is 11.4. The van der Waals surface area contributed by atoms with Gasteiger partial charge in [-0.25, -0.2) is 0 Å². The Morgan fingerprint density at radius 2 is 2.19 bits per heavy atom. The van der Waals surface area contributed by atoms with Gasteiger partial charge in [-0.1, -0.05) is 37.6 Å². The van der Waals surface area contributed by atoms with E-state index in [2.05, 4.69) is 37.4 Å². The number of hydrogen-bond donors (Lipinski definition) is 2. The fourth-order valence-corrected chi connectivity index (χ4v) is 2.35.